The number of likely N-dealkylation sites (tertiary alicyclic amines) is 1. The van der Waals surface area contributed by atoms with Gasteiger partial charge in [-0.1, -0.05) is 20.8 Å². The second-order valence-corrected chi connectivity index (χ2v) is 10.1. The van der Waals surface area contributed by atoms with Gasteiger partial charge in [0, 0.05) is 44.6 Å². The molecule has 1 atom stereocenters. The number of nitrogens with zero attached hydrogens (tertiary/aromatic N) is 3. The van der Waals surface area contributed by atoms with Gasteiger partial charge < -0.3 is 10.2 Å². The van der Waals surface area contributed by atoms with E-state index >= 15 is 0 Å². The van der Waals surface area contributed by atoms with Crippen LogP contribution in [0.1, 0.15) is 38.5 Å². The summed E-state index contributed by atoms with van der Waals surface area (Å²) in [7, 11) is -1.53. The molecule has 1 saturated heterocycles. The van der Waals surface area contributed by atoms with Crippen LogP contribution in [0.4, 0.5) is 0 Å². The zero-order valence-corrected chi connectivity index (χ0v) is 20.7. The molecule has 1 aliphatic rings. The molecule has 0 spiro atoms. The summed E-state index contributed by atoms with van der Waals surface area (Å²) in [5.74, 6) is 1.65. The topological polar surface area (TPSA) is 65.0 Å². The van der Waals surface area contributed by atoms with Gasteiger partial charge in [0.15, 0.2) is 5.96 Å². The summed E-state index contributed by atoms with van der Waals surface area (Å²) in [6, 6.07) is 3.66. The minimum Gasteiger partial charge on any atom is -0.356 e. The van der Waals surface area contributed by atoms with E-state index in [4.69, 9.17) is 0 Å². The van der Waals surface area contributed by atoms with Crippen molar-refractivity contribution in [1.29, 1.82) is 0 Å². The van der Waals surface area contributed by atoms with E-state index < -0.39 is 10.0 Å². The van der Waals surface area contributed by atoms with Crippen molar-refractivity contribution in [3.8, 4) is 0 Å². The number of hydrogen-bond acceptors (Lipinski definition) is 4. The monoisotopic (exact) mass is 528 g/mol. The molecular weight excluding hydrogens is 495 g/mol. The summed E-state index contributed by atoms with van der Waals surface area (Å²) in [4.78, 5) is 7.79. The molecular formula is C18H33IN4O2S2. The Morgan fingerprint density at radius 3 is 2.67 bits per heavy atom. The van der Waals surface area contributed by atoms with E-state index in [0.717, 1.165) is 36.9 Å². The fraction of sp³-hybridized carbons (Fsp3) is 0.722. The minimum absolute atomic E-state index is 0. The Morgan fingerprint density at radius 2 is 2.07 bits per heavy atom. The predicted molar refractivity (Wildman–Crippen MR) is 125 cm³/mol. The molecule has 2 heterocycles. The van der Waals surface area contributed by atoms with Crippen molar-refractivity contribution >= 4 is 51.3 Å². The normalized spacial score (nSPS) is 18.5. The Hall–Kier alpha value is -0.390. The molecule has 6 nitrogen and oxygen atoms in total. The second kappa shape index (κ2) is 11.6. The highest BCUT2D eigenvalue weighted by Crippen LogP contribution is 2.25. The number of aliphatic imine (C=N–C) groups is 1. The van der Waals surface area contributed by atoms with Crippen LogP contribution in [0.25, 0.3) is 0 Å². The number of thiophene rings is 1. The number of guanidine groups is 1. The van der Waals surface area contributed by atoms with Gasteiger partial charge in [0.2, 0.25) is 0 Å². The van der Waals surface area contributed by atoms with Crippen LogP contribution in [0.15, 0.2) is 21.3 Å². The van der Waals surface area contributed by atoms with Crippen molar-refractivity contribution in [3.63, 3.8) is 0 Å². The second-order valence-electron chi connectivity index (χ2n) is 6.73. The number of hydrogen-bond donors (Lipinski definition) is 1. The van der Waals surface area contributed by atoms with Crippen LogP contribution in [-0.4, -0.2) is 63.4 Å². The van der Waals surface area contributed by atoms with E-state index in [-0.39, 0.29) is 24.0 Å². The Balaban J connectivity index is 0.00000364. The minimum atomic E-state index is -3.35. The summed E-state index contributed by atoms with van der Waals surface area (Å²) in [6.45, 7) is 9.86. The molecule has 27 heavy (non-hydrogen) atoms. The average molecular weight is 529 g/mol. The molecule has 9 heteroatoms. The van der Waals surface area contributed by atoms with E-state index in [9.17, 15) is 8.42 Å². The summed E-state index contributed by atoms with van der Waals surface area (Å²) < 4.78 is 27.1. The molecule has 0 saturated carbocycles. The average Bonchev–Trinajstić information content (AvgIpc) is 3.09. The van der Waals surface area contributed by atoms with Gasteiger partial charge in [-0.15, -0.1) is 35.3 Å². The third-order valence-corrected chi connectivity index (χ3v) is 8.42. The fourth-order valence-electron chi connectivity index (χ4n) is 3.33. The number of nitrogens with one attached hydrogen (secondary N) is 1. The van der Waals surface area contributed by atoms with Crippen LogP contribution in [0, 0.1) is 5.92 Å². The van der Waals surface area contributed by atoms with Gasteiger partial charge in [0.25, 0.3) is 10.0 Å². The van der Waals surface area contributed by atoms with Crippen molar-refractivity contribution in [1.82, 2.24) is 14.5 Å². The first-order chi connectivity index (χ1) is 12.4. The van der Waals surface area contributed by atoms with E-state index in [2.05, 4.69) is 22.1 Å². The van der Waals surface area contributed by atoms with Crippen LogP contribution in [0.5, 0.6) is 0 Å². The van der Waals surface area contributed by atoms with Gasteiger partial charge in [-0.25, -0.2) is 8.42 Å². The lowest BCUT2D eigenvalue weighted by Gasteiger charge is -2.33. The van der Waals surface area contributed by atoms with Crippen molar-refractivity contribution in [2.24, 2.45) is 10.9 Å². The highest BCUT2D eigenvalue weighted by atomic mass is 127. The Labute approximate surface area is 185 Å². The third kappa shape index (κ3) is 6.57. The number of halogens is 1. The summed E-state index contributed by atoms with van der Waals surface area (Å²) in [5.41, 5.74) is 0. The molecule has 0 bridgehead atoms. The molecule has 0 amide bonds. The summed E-state index contributed by atoms with van der Waals surface area (Å²) >= 11 is 1.37. The van der Waals surface area contributed by atoms with Crippen LogP contribution >= 0.6 is 35.3 Å². The Bertz CT molecular complexity index is 702. The predicted octanol–water partition coefficient (Wildman–Crippen LogP) is 3.25. The molecule has 1 unspecified atom stereocenters. The maximum Gasteiger partial charge on any atom is 0.252 e. The Kier molecular flexibility index (Phi) is 10.6. The first-order valence-corrected chi connectivity index (χ1v) is 11.7. The van der Waals surface area contributed by atoms with E-state index in [1.807, 2.05) is 27.0 Å². The summed E-state index contributed by atoms with van der Waals surface area (Å²) in [6.07, 6.45) is 3.28. The van der Waals surface area contributed by atoms with Crippen LogP contribution in [0.2, 0.25) is 0 Å². The molecule has 0 aromatic carbocycles. The molecule has 1 aromatic heterocycles. The lowest BCUT2D eigenvalue weighted by Crippen LogP contribution is -2.46. The highest BCUT2D eigenvalue weighted by molar-refractivity contribution is 14.0. The molecule has 0 radical (unpaired) electrons. The maximum absolute atomic E-state index is 12.6. The van der Waals surface area contributed by atoms with Crippen molar-refractivity contribution in [2.45, 2.75) is 44.2 Å². The van der Waals surface area contributed by atoms with E-state index in [1.54, 1.807) is 6.07 Å². The third-order valence-electron chi connectivity index (χ3n) is 4.76. The highest BCUT2D eigenvalue weighted by Gasteiger charge is 2.23. The first-order valence-electron chi connectivity index (χ1n) is 9.46. The number of piperidine rings is 1. The van der Waals surface area contributed by atoms with Gasteiger partial charge in [-0.3, -0.25) is 4.99 Å². The number of rotatable bonds is 7. The molecule has 1 N–H and O–H groups in total. The van der Waals surface area contributed by atoms with Crippen molar-refractivity contribution in [2.75, 3.05) is 39.8 Å². The zero-order chi connectivity index (χ0) is 19.2. The molecule has 1 fully saturated rings. The standard InChI is InChI=1S/C18H32N4O2S2.HI/c1-5-22(6-2)26(23,24)17-10-9-16(25-17)11-12-20-18(19-4)21-13-7-8-15(3)14-21;/h9-10,15H,5-8,11-14H2,1-4H3,(H,19,20);1H. The summed E-state index contributed by atoms with van der Waals surface area (Å²) in [5, 5.41) is 3.42. The van der Waals surface area contributed by atoms with Crippen LogP contribution < -0.4 is 5.32 Å². The van der Waals surface area contributed by atoms with E-state index in [0.29, 0.717) is 23.2 Å². The molecule has 1 aromatic rings. The van der Waals surface area contributed by atoms with Gasteiger partial charge >= 0.3 is 0 Å². The first kappa shape index (κ1) is 24.6. The largest absolute Gasteiger partial charge is 0.356 e. The molecule has 2 rings (SSSR count). The van der Waals surface area contributed by atoms with E-state index in [1.165, 1.54) is 28.5 Å². The lowest BCUT2D eigenvalue weighted by atomic mass is 10.0. The van der Waals surface area contributed by atoms with Gasteiger partial charge in [-0.05, 0) is 37.3 Å². The SMILES string of the molecule is CCN(CC)S(=O)(=O)c1ccc(CCNC(=NC)N2CCCC(C)C2)s1.I. The molecule has 0 aliphatic carbocycles. The molecule has 156 valence electrons. The Morgan fingerprint density at radius 1 is 1.37 bits per heavy atom. The lowest BCUT2D eigenvalue weighted by molar-refractivity contribution is 0.266. The molecule has 1 aliphatic heterocycles. The van der Waals surface area contributed by atoms with Gasteiger partial charge in [-0.2, -0.15) is 4.31 Å². The van der Waals surface area contributed by atoms with Crippen LogP contribution in [-0.2, 0) is 16.4 Å². The van der Waals surface area contributed by atoms with Gasteiger partial charge in [0.1, 0.15) is 4.21 Å². The maximum atomic E-state index is 12.6. The van der Waals surface area contributed by atoms with Crippen molar-refractivity contribution in [3.05, 3.63) is 17.0 Å². The zero-order valence-electron chi connectivity index (χ0n) is 16.8. The number of sulfonamides is 1. The van der Waals surface area contributed by atoms with Crippen molar-refractivity contribution < 1.29 is 8.42 Å². The van der Waals surface area contributed by atoms with Crippen LogP contribution in [0.3, 0.4) is 0 Å². The quantitative estimate of drug-likeness (QED) is 0.335. The fourth-order valence-corrected chi connectivity index (χ4v) is 6.30. The smallest absolute Gasteiger partial charge is 0.252 e. The van der Waals surface area contributed by atoms with Gasteiger partial charge in [0.05, 0.1) is 0 Å².